The van der Waals surface area contributed by atoms with Crippen LogP contribution in [0.2, 0.25) is 0 Å². The number of carbonyl (C=O) groups is 2. The highest BCUT2D eigenvalue weighted by Gasteiger charge is 2.40. The average Bonchev–Trinajstić information content (AvgIpc) is 2.31. The standard InChI is InChI=1S/C15H21NO3/c1-10(2)13(17)16(15(4,5)14(18)19)12-9-7-6-8-11(12)3/h6-10H,1-5H3,(H,18,19). The minimum atomic E-state index is -1.28. The second kappa shape index (κ2) is 5.43. The SMILES string of the molecule is Cc1ccccc1N(C(=O)C(C)C)C(C)(C)C(=O)O. The van der Waals surface area contributed by atoms with Gasteiger partial charge in [0.15, 0.2) is 0 Å². The smallest absolute Gasteiger partial charge is 0.329 e. The van der Waals surface area contributed by atoms with Gasteiger partial charge in [-0.05, 0) is 32.4 Å². The van der Waals surface area contributed by atoms with Crippen molar-refractivity contribution in [3.05, 3.63) is 29.8 Å². The van der Waals surface area contributed by atoms with Crippen molar-refractivity contribution in [2.75, 3.05) is 4.90 Å². The minimum absolute atomic E-state index is 0.193. The summed E-state index contributed by atoms with van der Waals surface area (Å²) in [4.78, 5) is 25.3. The molecule has 0 heterocycles. The molecule has 0 radical (unpaired) electrons. The van der Waals surface area contributed by atoms with Gasteiger partial charge in [0.1, 0.15) is 5.54 Å². The molecular weight excluding hydrogens is 242 g/mol. The Morgan fingerprint density at radius 1 is 1.21 bits per heavy atom. The molecule has 19 heavy (non-hydrogen) atoms. The molecule has 4 heteroatoms. The molecule has 0 aliphatic rings. The van der Waals surface area contributed by atoms with Crippen LogP contribution in [0.25, 0.3) is 0 Å². The van der Waals surface area contributed by atoms with Crippen LogP contribution in [0.1, 0.15) is 33.3 Å². The highest BCUT2D eigenvalue weighted by atomic mass is 16.4. The quantitative estimate of drug-likeness (QED) is 0.908. The topological polar surface area (TPSA) is 57.6 Å². The van der Waals surface area contributed by atoms with E-state index in [1.165, 1.54) is 4.90 Å². The number of hydrogen-bond donors (Lipinski definition) is 1. The predicted molar refractivity (Wildman–Crippen MR) is 75.2 cm³/mol. The van der Waals surface area contributed by atoms with E-state index in [0.717, 1.165) is 5.56 Å². The van der Waals surface area contributed by atoms with Gasteiger partial charge in [0, 0.05) is 11.6 Å². The molecule has 4 nitrogen and oxygen atoms in total. The van der Waals surface area contributed by atoms with Crippen LogP contribution in [-0.2, 0) is 9.59 Å². The summed E-state index contributed by atoms with van der Waals surface area (Å²) in [5, 5.41) is 9.40. The van der Waals surface area contributed by atoms with Crippen LogP contribution in [0.15, 0.2) is 24.3 Å². The number of anilines is 1. The Balaban J connectivity index is 3.41. The molecule has 1 N–H and O–H groups in total. The van der Waals surface area contributed by atoms with Crippen LogP contribution < -0.4 is 4.90 Å². The van der Waals surface area contributed by atoms with Crippen molar-refractivity contribution < 1.29 is 14.7 Å². The summed E-state index contributed by atoms with van der Waals surface area (Å²) in [5.74, 6) is -1.48. The summed E-state index contributed by atoms with van der Waals surface area (Å²) in [6.07, 6.45) is 0. The van der Waals surface area contributed by atoms with Gasteiger partial charge in [-0.2, -0.15) is 0 Å². The third-order valence-electron chi connectivity index (χ3n) is 3.15. The van der Waals surface area contributed by atoms with E-state index >= 15 is 0 Å². The fourth-order valence-corrected chi connectivity index (χ4v) is 1.86. The van der Waals surface area contributed by atoms with Gasteiger partial charge in [0.25, 0.3) is 0 Å². The number of aliphatic carboxylic acids is 1. The van der Waals surface area contributed by atoms with Crippen molar-refractivity contribution >= 4 is 17.6 Å². The van der Waals surface area contributed by atoms with Crippen molar-refractivity contribution in [2.45, 2.75) is 40.2 Å². The third-order valence-corrected chi connectivity index (χ3v) is 3.15. The van der Waals surface area contributed by atoms with E-state index in [0.29, 0.717) is 5.69 Å². The monoisotopic (exact) mass is 263 g/mol. The molecule has 0 atom stereocenters. The maximum atomic E-state index is 12.4. The van der Waals surface area contributed by atoms with Crippen molar-refractivity contribution in [3.8, 4) is 0 Å². The first kappa shape index (κ1) is 15.2. The molecule has 1 aromatic rings. The lowest BCUT2D eigenvalue weighted by atomic mass is 9.98. The molecule has 0 saturated carbocycles. The molecule has 0 aliphatic carbocycles. The molecule has 0 aliphatic heterocycles. The van der Waals surface area contributed by atoms with Crippen molar-refractivity contribution in [2.24, 2.45) is 5.92 Å². The first-order valence-corrected chi connectivity index (χ1v) is 6.32. The summed E-state index contributed by atoms with van der Waals surface area (Å²) in [7, 11) is 0. The first-order valence-electron chi connectivity index (χ1n) is 6.32. The van der Waals surface area contributed by atoms with Gasteiger partial charge < -0.3 is 5.11 Å². The zero-order valence-electron chi connectivity index (χ0n) is 12.1. The maximum absolute atomic E-state index is 12.4. The Kier molecular flexibility index (Phi) is 4.35. The van der Waals surface area contributed by atoms with Crippen LogP contribution in [0.5, 0.6) is 0 Å². The third kappa shape index (κ3) is 2.95. The van der Waals surface area contributed by atoms with Crippen LogP contribution in [-0.4, -0.2) is 22.5 Å². The number of nitrogens with zero attached hydrogens (tertiary/aromatic N) is 1. The first-order chi connectivity index (χ1) is 8.69. The summed E-state index contributed by atoms with van der Waals surface area (Å²) < 4.78 is 0. The number of para-hydroxylation sites is 1. The lowest BCUT2D eigenvalue weighted by Crippen LogP contribution is -2.55. The van der Waals surface area contributed by atoms with E-state index in [1.54, 1.807) is 39.8 Å². The van der Waals surface area contributed by atoms with E-state index in [4.69, 9.17) is 0 Å². The number of rotatable bonds is 4. The lowest BCUT2D eigenvalue weighted by Gasteiger charge is -2.37. The molecular formula is C15H21NO3. The van der Waals surface area contributed by atoms with Gasteiger partial charge in [-0.3, -0.25) is 9.69 Å². The van der Waals surface area contributed by atoms with Crippen molar-refractivity contribution in [1.82, 2.24) is 0 Å². The van der Waals surface area contributed by atoms with Crippen LogP contribution >= 0.6 is 0 Å². The Morgan fingerprint density at radius 3 is 2.16 bits per heavy atom. The molecule has 0 aromatic heterocycles. The van der Waals surface area contributed by atoms with Crippen LogP contribution in [0, 0.1) is 12.8 Å². The Labute approximate surface area is 114 Å². The second-order valence-corrected chi connectivity index (χ2v) is 5.48. The van der Waals surface area contributed by atoms with Crippen LogP contribution in [0.4, 0.5) is 5.69 Å². The zero-order chi connectivity index (χ0) is 14.8. The molecule has 1 amide bonds. The number of amides is 1. The lowest BCUT2D eigenvalue weighted by molar-refractivity contribution is -0.144. The molecule has 0 saturated heterocycles. The molecule has 0 unspecified atom stereocenters. The molecule has 104 valence electrons. The Hall–Kier alpha value is -1.84. The minimum Gasteiger partial charge on any atom is -0.480 e. The largest absolute Gasteiger partial charge is 0.480 e. The molecule has 1 rings (SSSR count). The number of carbonyl (C=O) groups excluding carboxylic acids is 1. The summed E-state index contributed by atoms with van der Waals surface area (Å²) in [5.41, 5.74) is 0.243. The van der Waals surface area contributed by atoms with E-state index in [9.17, 15) is 14.7 Å². The number of aryl methyl sites for hydroxylation is 1. The number of hydrogen-bond acceptors (Lipinski definition) is 2. The summed E-state index contributed by atoms with van der Waals surface area (Å²) >= 11 is 0. The molecule has 0 fully saturated rings. The molecule has 0 bridgehead atoms. The van der Waals surface area contributed by atoms with E-state index in [2.05, 4.69) is 0 Å². The van der Waals surface area contributed by atoms with Gasteiger partial charge in [0.2, 0.25) is 5.91 Å². The summed E-state index contributed by atoms with van der Waals surface area (Å²) in [6, 6.07) is 7.32. The van der Waals surface area contributed by atoms with E-state index in [-0.39, 0.29) is 11.8 Å². The summed E-state index contributed by atoms with van der Waals surface area (Å²) in [6.45, 7) is 8.50. The number of benzene rings is 1. The number of carboxylic acid groups (broad SMARTS) is 1. The second-order valence-electron chi connectivity index (χ2n) is 5.48. The van der Waals surface area contributed by atoms with Crippen molar-refractivity contribution in [3.63, 3.8) is 0 Å². The highest BCUT2D eigenvalue weighted by Crippen LogP contribution is 2.29. The predicted octanol–water partition coefficient (Wildman–Crippen LogP) is 2.85. The molecule has 1 aromatic carbocycles. The van der Waals surface area contributed by atoms with Gasteiger partial charge in [-0.25, -0.2) is 4.79 Å². The van der Waals surface area contributed by atoms with Crippen molar-refractivity contribution in [1.29, 1.82) is 0 Å². The Morgan fingerprint density at radius 2 is 1.74 bits per heavy atom. The zero-order valence-corrected chi connectivity index (χ0v) is 12.1. The van der Waals surface area contributed by atoms with Gasteiger partial charge in [0.05, 0.1) is 0 Å². The van der Waals surface area contributed by atoms with Gasteiger partial charge in [-0.1, -0.05) is 32.0 Å². The van der Waals surface area contributed by atoms with E-state index in [1.807, 2.05) is 19.1 Å². The van der Waals surface area contributed by atoms with Crippen LogP contribution in [0.3, 0.4) is 0 Å². The molecule has 0 spiro atoms. The highest BCUT2D eigenvalue weighted by molar-refractivity contribution is 6.02. The van der Waals surface area contributed by atoms with Gasteiger partial charge >= 0.3 is 5.97 Å². The fraction of sp³-hybridized carbons (Fsp3) is 0.467. The fourth-order valence-electron chi connectivity index (χ4n) is 1.86. The number of carboxylic acids is 1. The normalized spacial score (nSPS) is 11.5. The van der Waals surface area contributed by atoms with Gasteiger partial charge in [-0.15, -0.1) is 0 Å². The Bertz CT molecular complexity index is 492. The maximum Gasteiger partial charge on any atom is 0.329 e. The van der Waals surface area contributed by atoms with E-state index < -0.39 is 11.5 Å². The average molecular weight is 263 g/mol.